The highest BCUT2D eigenvalue weighted by Gasteiger charge is 2.13. The van der Waals surface area contributed by atoms with E-state index >= 15 is 0 Å². The number of carbonyl (C=O) groups is 1. The Kier molecular flexibility index (Phi) is 5.76. The molecule has 2 heteroatoms. The average molecular weight is 185 g/mol. The van der Waals surface area contributed by atoms with Crippen molar-refractivity contribution in [3.8, 4) is 0 Å². The highest BCUT2D eigenvalue weighted by molar-refractivity contribution is 5.77. The van der Waals surface area contributed by atoms with Crippen molar-refractivity contribution in [1.82, 2.24) is 5.32 Å². The molecule has 1 N–H and O–H groups in total. The Balaban J connectivity index is 3.79. The highest BCUT2D eigenvalue weighted by Crippen LogP contribution is 2.13. The molecule has 0 fully saturated rings. The lowest BCUT2D eigenvalue weighted by Gasteiger charge is -2.20. The summed E-state index contributed by atoms with van der Waals surface area (Å²) in [4.78, 5) is 11.3. The molecular formula is C11H23NO. The fraction of sp³-hybridized carbons (Fsp3) is 0.909. The second-order valence-electron chi connectivity index (χ2n) is 4.31. The first kappa shape index (κ1) is 12.5. The second-order valence-corrected chi connectivity index (χ2v) is 4.31. The molecule has 0 aromatic heterocycles. The van der Waals surface area contributed by atoms with E-state index in [1.54, 1.807) is 0 Å². The largest absolute Gasteiger partial charge is 0.356 e. The molecule has 1 amide bonds. The van der Waals surface area contributed by atoms with Crippen LogP contribution in [-0.4, -0.2) is 12.5 Å². The molecular weight excluding hydrogens is 162 g/mol. The molecule has 0 heterocycles. The van der Waals surface area contributed by atoms with Gasteiger partial charge in [-0.2, -0.15) is 0 Å². The van der Waals surface area contributed by atoms with Gasteiger partial charge in [-0.3, -0.25) is 4.79 Å². The summed E-state index contributed by atoms with van der Waals surface area (Å²) in [5, 5.41) is 2.98. The Morgan fingerprint density at radius 1 is 1.23 bits per heavy atom. The molecule has 0 aromatic carbocycles. The van der Waals surface area contributed by atoms with Gasteiger partial charge in [-0.05, 0) is 11.8 Å². The van der Waals surface area contributed by atoms with Crippen LogP contribution in [0, 0.1) is 17.8 Å². The summed E-state index contributed by atoms with van der Waals surface area (Å²) in [6, 6.07) is 0. The Morgan fingerprint density at radius 2 is 1.77 bits per heavy atom. The van der Waals surface area contributed by atoms with Crippen molar-refractivity contribution in [2.75, 3.05) is 6.54 Å². The minimum absolute atomic E-state index is 0.102. The molecule has 0 rings (SSSR count). The van der Waals surface area contributed by atoms with Gasteiger partial charge in [0.2, 0.25) is 5.91 Å². The van der Waals surface area contributed by atoms with E-state index in [1.807, 2.05) is 13.8 Å². The number of carbonyl (C=O) groups excluding carboxylic acids is 1. The Morgan fingerprint density at radius 3 is 2.08 bits per heavy atom. The summed E-state index contributed by atoms with van der Waals surface area (Å²) in [6.45, 7) is 11.3. The standard InChI is InChI=1S/C11H23NO/c1-6-10(8(2)3)7-12-11(13)9(4)5/h8-10H,6-7H2,1-5H3,(H,12,13). The zero-order valence-electron chi connectivity index (χ0n) is 9.55. The van der Waals surface area contributed by atoms with Crippen LogP contribution in [0.15, 0.2) is 0 Å². The van der Waals surface area contributed by atoms with Crippen LogP contribution >= 0.6 is 0 Å². The molecule has 2 nitrogen and oxygen atoms in total. The lowest BCUT2D eigenvalue weighted by atomic mass is 9.93. The van der Waals surface area contributed by atoms with Crippen LogP contribution in [0.1, 0.15) is 41.0 Å². The molecule has 0 bridgehead atoms. The van der Waals surface area contributed by atoms with Crippen molar-refractivity contribution in [1.29, 1.82) is 0 Å². The monoisotopic (exact) mass is 185 g/mol. The van der Waals surface area contributed by atoms with E-state index in [1.165, 1.54) is 0 Å². The van der Waals surface area contributed by atoms with E-state index in [2.05, 4.69) is 26.1 Å². The lowest BCUT2D eigenvalue weighted by molar-refractivity contribution is -0.124. The smallest absolute Gasteiger partial charge is 0.222 e. The first-order valence-corrected chi connectivity index (χ1v) is 5.26. The molecule has 0 radical (unpaired) electrons. The first-order valence-electron chi connectivity index (χ1n) is 5.26. The van der Waals surface area contributed by atoms with Gasteiger partial charge in [-0.25, -0.2) is 0 Å². The van der Waals surface area contributed by atoms with Crippen LogP contribution in [0.2, 0.25) is 0 Å². The van der Waals surface area contributed by atoms with Crippen molar-refractivity contribution >= 4 is 5.91 Å². The number of rotatable bonds is 5. The molecule has 1 unspecified atom stereocenters. The third-order valence-electron chi connectivity index (χ3n) is 2.53. The van der Waals surface area contributed by atoms with Crippen LogP contribution in [0.5, 0.6) is 0 Å². The second kappa shape index (κ2) is 6.01. The van der Waals surface area contributed by atoms with Gasteiger partial charge in [0.1, 0.15) is 0 Å². The minimum Gasteiger partial charge on any atom is -0.356 e. The summed E-state index contributed by atoms with van der Waals surface area (Å²) in [7, 11) is 0. The summed E-state index contributed by atoms with van der Waals surface area (Å²) < 4.78 is 0. The predicted octanol–water partition coefficient (Wildman–Crippen LogP) is 2.44. The summed E-state index contributed by atoms with van der Waals surface area (Å²) in [6.07, 6.45) is 1.13. The maximum absolute atomic E-state index is 11.3. The fourth-order valence-electron chi connectivity index (χ4n) is 1.29. The van der Waals surface area contributed by atoms with Gasteiger partial charge in [-0.15, -0.1) is 0 Å². The maximum Gasteiger partial charge on any atom is 0.222 e. The molecule has 13 heavy (non-hydrogen) atoms. The van der Waals surface area contributed by atoms with E-state index in [0.717, 1.165) is 13.0 Å². The summed E-state index contributed by atoms with van der Waals surface area (Å²) >= 11 is 0. The van der Waals surface area contributed by atoms with Gasteiger partial charge < -0.3 is 5.32 Å². The zero-order chi connectivity index (χ0) is 10.4. The predicted molar refractivity (Wildman–Crippen MR) is 56.5 cm³/mol. The molecule has 1 atom stereocenters. The molecule has 0 aliphatic carbocycles. The third kappa shape index (κ3) is 4.91. The SMILES string of the molecule is CCC(CNC(=O)C(C)C)C(C)C. The number of amides is 1. The summed E-state index contributed by atoms with van der Waals surface area (Å²) in [5.41, 5.74) is 0. The topological polar surface area (TPSA) is 29.1 Å². The van der Waals surface area contributed by atoms with Crippen molar-refractivity contribution in [2.24, 2.45) is 17.8 Å². The van der Waals surface area contributed by atoms with Crippen molar-refractivity contribution in [3.63, 3.8) is 0 Å². The Labute approximate surface area is 82.1 Å². The average Bonchev–Trinajstić information content (AvgIpc) is 2.04. The minimum atomic E-state index is 0.102. The van der Waals surface area contributed by atoms with Crippen LogP contribution in [0.4, 0.5) is 0 Å². The Hall–Kier alpha value is -0.530. The third-order valence-corrected chi connectivity index (χ3v) is 2.53. The molecule has 0 saturated heterocycles. The number of hydrogen-bond donors (Lipinski definition) is 1. The van der Waals surface area contributed by atoms with Crippen LogP contribution in [0.3, 0.4) is 0 Å². The van der Waals surface area contributed by atoms with Crippen LogP contribution in [0.25, 0.3) is 0 Å². The number of hydrogen-bond acceptors (Lipinski definition) is 1. The molecule has 0 aliphatic rings. The highest BCUT2D eigenvalue weighted by atomic mass is 16.1. The summed E-state index contributed by atoms with van der Waals surface area (Å²) in [5.74, 6) is 1.53. The van der Waals surface area contributed by atoms with Gasteiger partial charge >= 0.3 is 0 Å². The van der Waals surface area contributed by atoms with Crippen molar-refractivity contribution in [2.45, 2.75) is 41.0 Å². The van der Waals surface area contributed by atoms with E-state index < -0.39 is 0 Å². The zero-order valence-corrected chi connectivity index (χ0v) is 9.55. The van der Waals surface area contributed by atoms with E-state index in [4.69, 9.17) is 0 Å². The van der Waals surface area contributed by atoms with E-state index in [-0.39, 0.29) is 11.8 Å². The van der Waals surface area contributed by atoms with Gasteiger partial charge in [-0.1, -0.05) is 41.0 Å². The first-order chi connectivity index (χ1) is 5.99. The molecule has 0 aliphatic heterocycles. The molecule has 78 valence electrons. The van der Waals surface area contributed by atoms with Crippen molar-refractivity contribution < 1.29 is 4.79 Å². The fourth-order valence-corrected chi connectivity index (χ4v) is 1.29. The molecule has 0 saturated carbocycles. The molecule has 0 spiro atoms. The van der Waals surface area contributed by atoms with Crippen LogP contribution in [-0.2, 0) is 4.79 Å². The van der Waals surface area contributed by atoms with E-state index in [0.29, 0.717) is 11.8 Å². The van der Waals surface area contributed by atoms with E-state index in [9.17, 15) is 4.79 Å². The molecule has 0 aromatic rings. The van der Waals surface area contributed by atoms with Gasteiger partial charge in [0.25, 0.3) is 0 Å². The van der Waals surface area contributed by atoms with Gasteiger partial charge in [0.15, 0.2) is 0 Å². The van der Waals surface area contributed by atoms with Gasteiger partial charge in [0.05, 0.1) is 0 Å². The number of nitrogens with one attached hydrogen (secondary N) is 1. The van der Waals surface area contributed by atoms with Gasteiger partial charge in [0, 0.05) is 12.5 Å². The maximum atomic E-state index is 11.3. The lowest BCUT2D eigenvalue weighted by Crippen LogP contribution is -2.33. The van der Waals surface area contributed by atoms with Crippen LogP contribution < -0.4 is 5.32 Å². The normalized spacial score (nSPS) is 13.5. The quantitative estimate of drug-likeness (QED) is 0.700. The van der Waals surface area contributed by atoms with Crippen molar-refractivity contribution in [3.05, 3.63) is 0 Å². The Bertz CT molecular complexity index is 152.